The summed E-state index contributed by atoms with van der Waals surface area (Å²) >= 11 is 0. The van der Waals surface area contributed by atoms with Crippen molar-refractivity contribution >= 4 is 16.8 Å². The van der Waals surface area contributed by atoms with Crippen LogP contribution in [0.3, 0.4) is 0 Å². The Morgan fingerprint density at radius 2 is 2.14 bits per heavy atom. The van der Waals surface area contributed by atoms with E-state index < -0.39 is 0 Å². The first-order valence-electron chi connectivity index (χ1n) is 8.17. The summed E-state index contributed by atoms with van der Waals surface area (Å²) in [7, 11) is 0. The fraction of sp³-hybridized carbons (Fsp3) is 0.500. The molecule has 1 N–H and O–H groups in total. The van der Waals surface area contributed by atoms with Crippen LogP contribution in [0.25, 0.3) is 10.9 Å². The second-order valence-electron chi connectivity index (χ2n) is 6.45. The summed E-state index contributed by atoms with van der Waals surface area (Å²) in [4.78, 5) is 18.1. The minimum absolute atomic E-state index is 0.0559. The fourth-order valence-electron chi connectivity index (χ4n) is 4.36. The molecule has 0 aliphatic carbocycles. The van der Waals surface area contributed by atoms with Gasteiger partial charge in [0.15, 0.2) is 0 Å². The largest absolute Gasteiger partial charge is 0.356 e. The lowest BCUT2D eigenvalue weighted by Gasteiger charge is -2.42. The number of nitrogens with one attached hydrogen (secondary N) is 1. The molecule has 0 unspecified atom stereocenters. The zero-order chi connectivity index (χ0) is 14.4. The average molecular weight is 282 g/mol. The molecule has 21 heavy (non-hydrogen) atoms. The summed E-state index contributed by atoms with van der Waals surface area (Å²) in [6, 6.07) is 8.56. The van der Waals surface area contributed by atoms with Crippen LogP contribution in [0.2, 0.25) is 0 Å². The lowest BCUT2D eigenvalue weighted by Crippen LogP contribution is -2.48. The highest BCUT2D eigenvalue weighted by Crippen LogP contribution is 2.48. The van der Waals surface area contributed by atoms with Gasteiger partial charge >= 0.3 is 0 Å². The Morgan fingerprint density at radius 3 is 3.00 bits per heavy atom. The Bertz CT molecular complexity index is 702. The van der Waals surface area contributed by atoms with Crippen molar-refractivity contribution in [3.05, 3.63) is 35.5 Å². The number of aromatic nitrogens is 1. The number of nitrogens with zero attached hydrogens (tertiary/aromatic N) is 1. The minimum Gasteiger partial charge on any atom is -0.356 e. The summed E-state index contributed by atoms with van der Waals surface area (Å²) in [5.41, 5.74) is 3.95. The minimum atomic E-state index is -0.0559. The fourth-order valence-corrected chi connectivity index (χ4v) is 4.36. The maximum absolute atomic E-state index is 12.3. The molecule has 0 spiro atoms. The Labute approximate surface area is 125 Å². The number of hydrogen-bond acceptors (Lipinski definition) is 1. The molecular formula is C18H22N2O. The van der Waals surface area contributed by atoms with Crippen LogP contribution in [0.15, 0.2) is 24.3 Å². The van der Waals surface area contributed by atoms with E-state index in [1.54, 1.807) is 0 Å². The molecule has 4 rings (SSSR count). The monoisotopic (exact) mass is 282 g/mol. The number of carbonyl (C=O) groups is 1. The average Bonchev–Trinajstić information content (AvgIpc) is 3.05. The van der Waals surface area contributed by atoms with Crippen molar-refractivity contribution in [3.8, 4) is 0 Å². The van der Waals surface area contributed by atoms with Crippen LogP contribution in [0.4, 0.5) is 0 Å². The number of carbonyl (C=O) groups excluding carboxylic acids is 1. The van der Waals surface area contributed by atoms with Gasteiger partial charge < -0.3 is 9.88 Å². The standard InChI is InChI=1S/C18H22N2O/c1-2-3-10-18-11-8-16(21)20(18)12-9-14-13-6-4-5-7-15(13)19-17(14)18/h4-7,19H,2-3,8-12H2,1H3/t18-/m1/s1. The molecule has 1 amide bonds. The highest BCUT2D eigenvalue weighted by atomic mass is 16.2. The summed E-state index contributed by atoms with van der Waals surface area (Å²) < 4.78 is 0. The molecule has 1 saturated heterocycles. The van der Waals surface area contributed by atoms with Crippen molar-refractivity contribution < 1.29 is 4.79 Å². The van der Waals surface area contributed by atoms with Crippen molar-refractivity contribution in [1.29, 1.82) is 0 Å². The maximum Gasteiger partial charge on any atom is 0.223 e. The van der Waals surface area contributed by atoms with Crippen LogP contribution in [-0.4, -0.2) is 22.3 Å². The zero-order valence-corrected chi connectivity index (χ0v) is 12.6. The molecule has 0 radical (unpaired) electrons. The quantitative estimate of drug-likeness (QED) is 0.915. The van der Waals surface area contributed by atoms with Gasteiger partial charge in [-0.05, 0) is 30.9 Å². The van der Waals surface area contributed by atoms with Crippen molar-refractivity contribution in [2.24, 2.45) is 0 Å². The van der Waals surface area contributed by atoms with E-state index in [1.807, 2.05) is 0 Å². The molecule has 1 aromatic carbocycles. The second-order valence-corrected chi connectivity index (χ2v) is 6.45. The molecule has 0 saturated carbocycles. The Balaban J connectivity index is 1.91. The summed E-state index contributed by atoms with van der Waals surface area (Å²) in [5.74, 6) is 0.343. The van der Waals surface area contributed by atoms with E-state index in [2.05, 4.69) is 41.1 Å². The van der Waals surface area contributed by atoms with Gasteiger partial charge in [0.2, 0.25) is 5.91 Å². The third kappa shape index (κ3) is 1.69. The number of rotatable bonds is 3. The topological polar surface area (TPSA) is 36.1 Å². The van der Waals surface area contributed by atoms with Gasteiger partial charge in [0, 0.05) is 29.6 Å². The number of benzene rings is 1. The molecule has 2 aliphatic heterocycles. The number of fused-ring (bicyclic) bond motifs is 5. The van der Waals surface area contributed by atoms with Crippen molar-refractivity contribution in [2.45, 2.75) is 51.0 Å². The van der Waals surface area contributed by atoms with Crippen LogP contribution in [0.5, 0.6) is 0 Å². The third-order valence-corrected chi connectivity index (χ3v) is 5.38. The molecule has 3 heterocycles. The summed E-state index contributed by atoms with van der Waals surface area (Å²) in [6.45, 7) is 3.12. The van der Waals surface area contributed by atoms with Gasteiger partial charge in [-0.25, -0.2) is 0 Å². The predicted molar refractivity (Wildman–Crippen MR) is 84.2 cm³/mol. The summed E-state index contributed by atoms with van der Waals surface area (Å²) in [5, 5.41) is 1.35. The van der Waals surface area contributed by atoms with Gasteiger partial charge in [-0.15, -0.1) is 0 Å². The molecule has 3 heteroatoms. The van der Waals surface area contributed by atoms with Crippen LogP contribution in [0.1, 0.15) is 50.3 Å². The highest BCUT2D eigenvalue weighted by molar-refractivity contribution is 5.87. The third-order valence-electron chi connectivity index (χ3n) is 5.38. The molecule has 1 fully saturated rings. The Hall–Kier alpha value is -1.77. The van der Waals surface area contributed by atoms with Crippen LogP contribution in [-0.2, 0) is 16.8 Å². The number of aromatic amines is 1. The molecule has 2 aromatic rings. The van der Waals surface area contributed by atoms with E-state index in [1.165, 1.54) is 35.0 Å². The Kier molecular flexibility index (Phi) is 2.84. The predicted octanol–water partition coefficient (Wildman–Crippen LogP) is 3.73. The highest BCUT2D eigenvalue weighted by Gasteiger charge is 2.50. The van der Waals surface area contributed by atoms with Crippen LogP contribution >= 0.6 is 0 Å². The van der Waals surface area contributed by atoms with Gasteiger partial charge in [-0.2, -0.15) is 0 Å². The molecule has 1 aromatic heterocycles. The number of hydrogen-bond donors (Lipinski definition) is 1. The first kappa shape index (κ1) is 12.9. The molecule has 110 valence electrons. The maximum atomic E-state index is 12.3. The smallest absolute Gasteiger partial charge is 0.223 e. The van der Waals surface area contributed by atoms with Gasteiger partial charge in [0.25, 0.3) is 0 Å². The molecule has 3 nitrogen and oxygen atoms in total. The SMILES string of the molecule is CCCC[C@]12CCC(=O)N1CCc1c2[nH]c2ccccc12. The zero-order valence-electron chi connectivity index (χ0n) is 12.6. The van der Waals surface area contributed by atoms with Gasteiger partial charge in [0.1, 0.15) is 0 Å². The van der Waals surface area contributed by atoms with Crippen molar-refractivity contribution in [3.63, 3.8) is 0 Å². The number of unbranched alkanes of at least 4 members (excludes halogenated alkanes) is 1. The molecule has 2 aliphatic rings. The van der Waals surface area contributed by atoms with Crippen molar-refractivity contribution in [1.82, 2.24) is 9.88 Å². The van der Waals surface area contributed by atoms with Crippen LogP contribution in [0, 0.1) is 0 Å². The van der Waals surface area contributed by atoms with Gasteiger partial charge in [0.05, 0.1) is 5.54 Å². The van der Waals surface area contributed by atoms with E-state index in [-0.39, 0.29) is 5.54 Å². The lowest BCUT2D eigenvalue weighted by atomic mass is 9.81. The molecular weight excluding hydrogens is 260 g/mol. The lowest BCUT2D eigenvalue weighted by molar-refractivity contribution is -0.132. The number of amides is 1. The summed E-state index contributed by atoms with van der Waals surface area (Å²) in [6.07, 6.45) is 6.12. The van der Waals surface area contributed by atoms with E-state index in [9.17, 15) is 4.79 Å². The van der Waals surface area contributed by atoms with Gasteiger partial charge in [-0.3, -0.25) is 4.79 Å². The number of para-hydroxylation sites is 1. The Morgan fingerprint density at radius 1 is 1.29 bits per heavy atom. The van der Waals surface area contributed by atoms with E-state index in [0.29, 0.717) is 12.3 Å². The second kappa shape index (κ2) is 4.62. The van der Waals surface area contributed by atoms with Crippen LogP contribution < -0.4 is 0 Å². The van der Waals surface area contributed by atoms with Crippen molar-refractivity contribution in [2.75, 3.05) is 6.54 Å². The molecule has 0 bridgehead atoms. The van der Waals surface area contributed by atoms with E-state index >= 15 is 0 Å². The van der Waals surface area contributed by atoms with E-state index in [4.69, 9.17) is 0 Å². The normalized spacial score (nSPS) is 24.4. The number of H-pyrrole nitrogens is 1. The first-order valence-corrected chi connectivity index (χ1v) is 8.17. The van der Waals surface area contributed by atoms with Gasteiger partial charge in [-0.1, -0.05) is 38.0 Å². The molecule has 1 atom stereocenters. The van der Waals surface area contributed by atoms with E-state index in [0.717, 1.165) is 25.8 Å². The first-order chi connectivity index (χ1) is 10.3.